The minimum atomic E-state index is -4.90. The number of halogens is 5. The van der Waals surface area contributed by atoms with Crippen LogP contribution >= 0.6 is 0 Å². The van der Waals surface area contributed by atoms with E-state index < -0.39 is 47.3 Å². The van der Waals surface area contributed by atoms with Crippen LogP contribution in [0.1, 0.15) is 29.8 Å². The van der Waals surface area contributed by atoms with Crippen molar-refractivity contribution in [1.82, 2.24) is 29.3 Å². The van der Waals surface area contributed by atoms with Gasteiger partial charge in [0.05, 0.1) is 18.8 Å². The van der Waals surface area contributed by atoms with Gasteiger partial charge in [0.25, 0.3) is 0 Å². The maximum atomic E-state index is 15.2. The summed E-state index contributed by atoms with van der Waals surface area (Å²) in [5.74, 6) is -2.33. The molecule has 2 N–H and O–H groups in total. The normalized spacial score (nSPS) is 20.1. The first-order valence-corrected chi connectivity index (χ1v) is 13.0. The second kappa shape index (κ2) is 10.2. The lowest BCUT2D eigenvalue weighted by Crippen LogP contribution is -2.22. The van der Waals surface area contributed by atoms with Crippen LogP contribution in [-0.4, -0.2) is 48.7 Å². The zero-order chi connectivity index (χ0) is 29.9. The van der Waals surface area contributed by atoms with Crippen LogP contribution in [0.5, 0.6) is 11.5 Å². The van der Waals surface area contributed by atoms with E-state index in [1.54, 1.807) is 0 Å². The minimum absolute atomic E-state index is 0.160. The molecule has 2 aliphatic rings. The van der Waals surface area contributed by atoms with Gasteiger partial charge in [-0.15, -0.1) is 0 Å². The quantitative estimate of drug-likeness (QED) is 0.200. The molecule has 0 spiro atoms. The smallest absolute Gasteiger partial charge is 0.433 e. The van der Waals surface area contributed by atoms with Crippen LogP contribution in [-0.2, 0) is 15.7 Å². The molecular weight excluding hydrogens is 581 g/mol. The van der Waals surface area contributed by atoms with Crippen molar-refractivity contribution in [3.8, 4) is 17.3 Å². The Morgan fingerprint density at radius 3 is 2.67 bits per heavy atom. The summed E-state index contributed by atoms with van der Waals surface area (Å²) in [7, 11) is 0. The van der Waals surface area contributed by atoms with Crippen LogP contribution in [0, 0.1) is 11.6 Å². The Morgan fingerprint density at radius 2 is 1.93 bits per heavy atom. The maximum absolute atomic E-state index is 15.2. The summed E-state index contributed by atoms with van der Waals surface area (Å²) in [6, 6.07) is 7.38. The van der Waals surface area contributed by atoms with Gasteiger partial charge in [-0.3, -0.25) is 9.55 Å². The standard InChI is InChI=1S/C27H20F5N7O4/c28-16-2-1-7-34-24(16)39-22(27(30,31)32)15(11-35-39)21-25(43-21)36-13-3-4-18(17(29)10-13)42-19-5-8-33-23-20(19)38(26(40)37-23)14-6-9-41-12-14/h1-5,7-8,10-11,14,21,25,36H,6,9,12H2,(H,33,37,40). The Morgan fingerprint density at radius 1 is 1.07 bits per heavy atom. The van der Waals surface area contributed by atoms with Gasteiger partial charge in [0.15, 0.2) is 46.5 Å². The molecule has 222 valence electrons. The number of anilines is 1. The first kappa shape index (κ1) is 27.0. The molecule has 0 aliphatic carbocycles. The van der Waals surface area contributed by atoms with E-state index in [0.717, 1.165) is 24.5 Å². The van der Waals surface area contributed by atoms with E-state index in [2.05, 4.69) is 25.4 Å². The predicted octanol–water partition coefficient (Wildman–Crippen LogP) is 4.87. The van der Waals surface area contributed by atoms with Crippen molar-refractivity contribution in [3.63, 3.8) is 0 Å². The van der Waals surface area contributed by atoms with E-state index in [0.29, 0.717) is 29.8 Å². The number of nitrogens with one attached hydrogen (secondary N) is 2. The van der Waals surface area contributed by atoms with Crippen LogP contribution < -0.4 is 15.7 Å². The first-order chi connectivity index (χ1) is 20.7. The van der Waals surface area contributed by atoms with Gasteiger partial charge in [0, 0.05) is 42.4 Å². The maximum Gasteiger partial charge on any atom is 0.433 e. The molecule has 43 heavy (non-hydrogen) atoms. The lowest BCUT2D eigenvalue weighted by atomic mass is 10.1. The number of nitrogens with zero attached hydrogens (tertiary/aromatic N) is 5. The van der Waals surface area contributed by atoms with Crippen molar-refractivity contribution in [2.75, 3.05) is 18.5 Å². The predicted molar refractivity (Wildman–Crippen MR) is 139 cm³/mol. The number of ether oxygens (including phenoxy) is 3. The van der Waals surface area contributed by atoms with Crippen molar-refractivity contribution in [2.45, 2.75) is 31.0 Å². The third kappa shape index (κ3) is 4.87. The average molecular weight is 601 g/mol. The molecule has 16 heteroatoms. The summed E-state index contributed by atoms with van der Waals surface area (Å²) in [6.45, 7) is 0.836. The Balaban J connectivity index is 1.11. The number of benzene rings is 1. The number of pyridine rings is 2. The molecule has 2 aliphatic heterocycles. The van der Waals surface area contributed by atoms with Gasteiger partial charge in [-0.05, 0) is 30.7 Å². The number of hydrogen-bond donors (Lipinski definition) is 2. The first-order valence-electron chi connectivity index (χ1n) is 13.0. The SMILES string of the molecule is O=c1[nH]c2nccc(Oc3ccc(NC4OC4c4cnn(-c5ncccc5F)c4C(F)(F)F)cc3F)c2n1C1CCOC1. The molecule has 11 nitrogen and oxygen atoms in total. The molecule has 3 unspecified atom stereocenters. The van der Waals surface area contributed by atoms with Gasteiger partial charge in [-0.1, -0.05) is 0 Å². The molecule has 2 fully saturated rings. The lowest BCUT2D eigenvalue weighted by Gasteiger charge is -2.14. The molecule has 4 aromatic heterocycles. The molecule has 0 saturated carbocycles. The zero-order valence-electron chi connectivity index (χ0n) is 21.8. The summed E-state index contributed by atoms with van der Waals surface area (Å²) in [5, 5.41) is 6.54. The molecule has 6 heterocycles. The van der Waals surface area contributed by atoms with Crippen molar-refractivity contribution in [2.24, 2.45) is 0 Å². The zero-order valence-corrected chi connectivity index (χ0v) is 21.8. The largest absolute Gasteiger partial charge is 0.452 e. The van der Waals surface area contributed by atoms with Crippen molar-refractivity contribution in [3.05, 3.63) is 88.4 Å². The highest BCUT2D eigenvalue weighted by molar-refractivity contribution is 5.79. The summed E-state index contributed by atoms with van der Waals surface area (Å²) in [6.07, 6.45) is -2.81. The topological polar surface area (TPSA) is 124 Å². The van der Waals surface area contributed by atoms with Gasteiger partial charge in [-0.2, -0.15) is 18.3 Å². The molecule has 0 amide bonds. The van der Waals surface area contributed by atoms with E-state index in [4.69, 9.17) is 14.2 Å². The van der Waals surface area contributed by atoms with E-state index in [-0.39, 0.29) is 34.4 Å². The van der Waals surface area contributed by atoms with Crippen LogP contribution in [0.4, 0.5) is 27.6 Å². The third-order valence-corrected chi connectivity index (χ3v) is 7.11. The van der Waals surface area contributed by atoms with Gasteiger partial charge < -0.3 is 19.5 Å². The van der Waals surface area contributed by atoms with E-state index in [1.807, 2.05) is 0 Å². The fraction of sp³-hybridized carbons (Fsp3) is 0.259. The third-order valence-electron chi connectivity index (χ3n) is 7.11. The van der Waals surface area contributed by atoms with Crippen LogP contribution in [0.3, 0.4) is 0 Å². The van der Waals surface area contributed by atoms with Crippen LogP contribution in [0.25, 0.3) is 17.0 Å². The molecule has 0 radical (unpaired) electrons. The number of epoxide rings is 1. The Labute approximate surface area is 237 Å². The van der Waals surface area contributed by atoms with Crippen molar-refractivity contribution >= 4 is 16.9 Å². The molecular formula is C27H20F5N7O4. The van der Waals surface area contributed by atoms with Gasteiger partial charge in [0.1, 0.15) is 11.6 Å². The van der Waals surface area contributed by atoms with Crippen molar-refractivity contribution in [1.29, 1.82) is 0 Å². The number of alkyl halides is 3. The van der Waals surface area contributed by atoms with E-state index in [1.165, 1.54) is 35.0 Å². The number of imidazole rings is 1. The number of rotatable bonds is 7. The fourth-order valence-corrected chi connectivity index (χ4v) is 5.14. The summed E-state index contributed by atoms with van der Waals surface area (Å²) >= 11 is 0. The molecule has 5 aromatic rings. The molecule has 7 rings (SSSR count). The van der Waals surface area contributed by atoms with Gasteiger partial charge >= 0.3 is 11.9 Å². The van der Waals surface area contributed by atoms with Gasteiger partial charge in [0.2, 0.25) is 0 Å². The Bertz CT molecular complexity index is 1900. The van der Waals surface area contributed by atoms with E-state index >= 15 is 4.39 Å². The summed E-state index contributed by atoms with van der Waals surface area (Å²) < 4.78 is 89.9. The second-order valence-corrected chi connectivity index (χ2v) is 9.86. The molecule has 0 bridgehead atoms. The Kier molecular flexibility index (Phi) is 6.39. The fourth-order valence-electron chi connectivity index (χ4n) is 5.14. The molecule has 3 atom stereocenters. The minimum Gasteiger partial charge on any atom is -0.452 e. The number of aromatic nitrogens is 6. The highest BCUT2D eigenvalue weighted by Gasteiger charge is 2.49. The lowest BCUT2D eigenvalue weighted by molar-refractivity contribution is -0.143. The number of H-pyrrole nitrogens is 1. The highest BCUT2D eigenvalue weighted by Crippen LogP contribution is 2.46. The average Bonchev–Trinajstić information content (AvgIpc) is 3.32. The summed E-state index contributed by atoms with van der Waals surface area (Å²) in [4.78, 5) is 23.1. The highest BCUT2D eigenvalue weighted by atomic mass is 19.4. The van der Waals surface area contributed by atoms with E-state index in [9.17, 15) is 22.4 Å². The van der Waals surface area contributed by atoms with Crippen molar-refractivity contribution < 1.29 is 36.2 Å². The monoisotopic (exact) mass is 601 g/mol. The number of aromatic amines is 1. The Hall–Kier alpha value is -4.83. The second-order valence-electron chi connectivity index (χ2n) is 9.86. The summed E-state index contributed by atoms with van der Waals surface area (Å²) in [5.41, 5.74) is -1.11. The van der Waals surface area contributed by atoms with Crippen LogP contribution in [0.2, 0.25) is 0 Å². The number of fused-ring (bicyclic) bond motifs is 1. The molecule has 1 aromatic carbocycles. The van der Waals surface area contributed by atoms with Crippen LogP contribution in [0.15, 0.2) is 59.8 Å². The molecule has 2 saturated heterocycles. The number of hydrogen-bond acceptors (Lipinski definition) is 8. The van der Waals surface area contributed by atoms with Gasteiger partial charge in [-0.25, -0.2) is 28.2 Å².